The maximum atomic E-state index is 13.8. The second-order valence-corrected chi connectivity index (χ2v) is 4.77. The predicted octanol–water partition coefficient (Wildman–Crippen LogP) is 3.25. The summed E-state index contributed by atoms with van der Waals surface area (Å²) in [6, 6.07) is 3.85. The molecule has 0 fully saturated rings. The summed E-state index contributed by atoms with van der Waals surface area (Å²) < 4.78 is 51.0. The highest BCUT2D eigenvalue weighted by molar-refractivity contribution is 5.95. The van der Waals surface area contributed by atoms with Gasteiger partial charge in [-0.25, -0.2) is 4.39 Å². The Balaban J connectivity index is 2.73. The van der Waals surface area contributed by atoms with Crippen LogP contribution < -0.4 is 0 Å². The normalized spacial score (nSPS) is 12.4. The van der Waals surface area contributed by atoms with E-state index in [1.165, 1.54) is 7.05 Å². The zero-order valence-electron chi connectivity index (χ0n) is 12.0. The van der Waals surface area contributed by atoms with E-state index in [1.54, 1.807) is 0 Å². The zero-order chi connectivity index (χ0) is 16.8. The van der Waals surface area contributed by atoms with Crippen molar-refractivity contribution in [3.05, 3.63) is 41.2 Å². The number of unbranched alkanes of at least 4 members (excludes halogenated alkanes) is 1. The molecule has 0 saturated carbocycles. The number of aliphatic hydroxyl groups is 1. The van der Waals surface area contributed by atoms with Gasteiger partial charge in [-0.1, -0.05) is 12.1 Å². The Kier molecular flexibility index (Phi) is 6.55. The highest BCUT2D eigenvalue weighted by Gasteiger charge is 2.29. The summed E-state index contributed by atoms with van der Waals surface area (Å²) in [6.07, 6.45) is -2.53. The molecule has 0 saturated heterocycles. The van der Waals surface area contributed by atoms with Gasteiger partial charge in [-0.05, 0) is 36.6 Å². The van der Waals surface area contributed by atoms with Crippen LogP contribution in [-0.2, 0) is 11.0 Å². The Morgan fingerprint density at radius 2 is 1.82 bits per heavy atom. The SMILES string of the molecule is CN(CCCCO)C(=O)/C(F)=C/c1ccc(C(F)(F)F)cc1. The first-order valence-corrected chi connectivity index (χ1v) is 6.66. The van der Waals surface area contributed by atoms with Crippen molar-refractivity contribution >= 4 is 12.0 Å². The summed E-state index contributed by atoms with van der Waals surface area (Å²) in [5, 5.41) is 8.63. The number of benzene rings is 1. The first kappa shape index (κ1) is 18.2. The Morgan fingerprint density at radius 3 is 2.32 bits per heavy atom. The van der Waals surface area contributed by atoms with E-state index in [-0.39, 0.29) is 18.7 Å². The Hall–Kier alpha value is -1.89. The molecule has 0 aliphatic heterocycles. The number of rotatable bonds is 6. The monoisotopic (exact) mass is 319 g/mol. The number of carbonyl (C=O) groups excluding carboxylic acids is 1. The van der Waals surface area contributed by atoms with Crippen molar-refractivity contribution < 1.29 is 27.5 Å². The molecule has 0 heterocycles. The van der Waals surface area contributed by atoms with Gasteiger partial charge in [0.15, 0.2) is 5.83 Å². The molecular formula is C15H17F4NO2. The molecule has 1 rings (SSSR count). The van der Waals surface area contributed by atoms with Gasteiger partial charge in [-0.3, -0.25) is 4.79 Å². The molecule has 0 aliphatic rings. The molecule has 1 N–H and O–H groups in total. The quantitative estimate of drug-likeness (QED) is 0.497. The van der Waals surface area contributed by atoms with Crippen LogP contribution in [0.15, 0.2) is 30.1 Å². The third-order valence-corrected chi connectivity index (χ3v) is 2.98. The lowest BCUT2D eigenvalue weighted by molar-refractivity contribution is -0.137. The number of carbonyl (C=O) groups is 1. The largest absolute Gasteiger partial charge is 0.416 e. The summed E-state index contributed by atoms with van der Waals surface area (Å²) in [7, 11) is 1.42. The maximum Gasteiger partial charge on any atom is 0.416 e. The van der Waals surface area contributed by atoms with E-state index in [1.807, 2.05) is 0 Å². The molecule has 1 aromatic carbocycles. The van der Waals surface area contributed by atoms with Crippen LogP contribution in [0.2, 0.25) is 0 Å². The topological polar surface area (TPSA) is 40.5 Å². The van der Waals surface area contributed by atoms with Crippen LogP contribution in [0, 0.1) is 0 Å². The van der Waals surface area contributed by atoms with Crippen LogP contribution in [-0.4, -0.2) is 36.1 Å². The lowest BCUT2D eigenvalue weighted by Gasteiger charge is -2.15. The minimum absolute atomic E-state index is 0.00803. The number of halogens is 4. The second-order valence-electron chi connectivity index (χ2n) is 4.77. The summed E-state index contributed by atoms with van der Waals surface area (Å²) in [5.74, 6) is -1.90. The Labute approximate surface area is 125 Å². The van der Waals surface area contributed by atoms with Gasteiger partial charge in [0.25, 0.3) is 5.91 Å². The maximum absolute atomic E-state index is 13.8. The predicted molar refractivity (Wildman–Crippen MR) is 74.5 cm³/mol. The number of hydrogen-bond donors (Lipinski definition) is 1. The molecule has 0 radical (unpaired) electrons. The van der Waals surface area contributed by atoms with E-state index in [2.05, 4.69) is 0 Å². The van der Waals surface area contributed by atoms with Gasteiger partial charge in [-0.15, -0.1) is 0 Å². The zero-order valence-corrected chi connectivity index (χ0v) is 12.0. The average molecular weight is 319 g/mol. The fraction of sp³-hybridized carbons (Fsp3) is 0.400. The number of nitrogens with zero attached hydrogens (tertiary/aromatic N) is 1. The molecule has 0 unspecified atom stereocenters. The van der Waals surface area contributed by atoms with Crippen molar-refractivity contribution in [2.24, 2.45) is 0 Å². The Morgan fingerprint density at radius 1 is 1.23 bits per heavy atom. The number of likely N-dealkylation sites (N-methyl/N-ethyl adjacent to an activating group) is 1. The number of alkyl halides is 3. The minimum atomic E-state index is -4.45. The average Bonchev–Trinajstić information content (AvgIpc) is 2.46. The van der Waals surface area contributed by atoms with Crippen molar-refractivity contribution in [3.63, 3.8) is 0 Å². The summed E-state index contributed by atoms with van der Waals surface area (Å²) in [6.45, 7) is 0.277. The van der Waals surface area contributed by atoms with Crippen LogP contribution in [0.5, 0.6) is 0 Å². The van der Waals surface area contributed by atoms with E-state index in [4.69, 9.17) is 5.11 Å². The first-order valence-electron chi connectivity index (χ1n) is 6.66. The van der Waals surface area contributed by atoms with E-state index in [0.717, 1.165) is 35.2 Å². The van der Waals surface area contributed by atoms with E-state index in [0.29, 0.717) is 12.8 Å². The van der Waals surface area contributed by atoms with E-state index < -0.39 is 23.5 Å². The molecule has 7 heteroatoms. The van der Waals surface area contributed by atoms with Crippen LogP contribution in [0.25, 0.3) is 6.08 Å². The Bertz CT molecular complexity index is 523. The van der Waals surface area contributed by atoms with Crippen LogP contribution in [0.1, 0.15) is 24.0 Å². The first-order chi connectivity index (χ1) is 10.3. The van der Waals surface area contributed by atoms with Crippen molar-refractivity contribution in [1.29, 1.82) is 0 Å². The molecule has 1 amide bonds. The molecule has 0 bridgehead atoms. The third-order valence-electron chi connectivity index (χ3n) is 2.98. The number of aliphatic hydroxyl groups excluding tert-OH is 1. The van der Waals surface area contributed by atoms with Gasteiger partial charge in [-0.2, -0.15) is 13.2 Å². The van der Waals surface area contributed by atoms with Gasteiger partial charge in [0.1, 0.15) is 0 Å². The van der Waals surface area contributed by atoms with E-state index in [9.17, 15) is 22.4 Å². The van der Waals surface area contributed by atoms with E-state index >= 15 is 0 Å². The van der Waals surface area contributed by atoms with Gasteiger partial charge in [0.2, 0.25) is 0 Å². The lowest BCUT2D eigenvalue weighted by atomic mass is 10.1. The third kappa shape index (κ3) is 5.48. The fourth-order valence-electron chi connectivity index (χ4n) is 1.72. The molecule has 1 aromatic rings. The van der Waals surface area contributed by atoms with Gasteiger partial charge in [0.05, 0.1) is 5.56 Å². The van der Waals surface area contributed by atoms with Crippen LogP contribution in [0.3, 0.4) is 0 Å². The minimum Gasteiger partial charge on any atom is -0.396 e. The molecular weight excluding hydrogens is 302 g/mol. The molecule has 0 atom stereocenters. The summed E-state index contributed by atoms with van der Waals surface area (Å²) >= 11 is 0. The number of amides is 1. The molecule has 0 aromatic heterocycles. The molecule has 22 heavy (non-hydrogen) atoms. The summed E-state index contributed by atoms with van der Waals surface area (Å²) in [4.78, 5) is 12.9. The fourth-order valence-corrected chi connectivity index (χ4v) is 1.72. The van der Waals surface area contributed by atoms with Crippen molar-refractivity contribution in [3.8, 4) is 0 Å². The number of hydrogen-bond acceptors (Lipinski definition) is 2. The molecule has 3 nitrogen and oxygen atoms in total. The van der Waals surface area contributed by atoms with Crippen molar-refractivity contribution in [1.82, 2.24) is 4.90 Å². The van der Waals surface area contributed by atoms with Crippen LogP contribution >= 0.6 is 0 Å². The van der Waals surface area contributed by atoms with Gasteiger partial charge >= 0.3 is 6.18 Å². The summed E-state index contributed by atoms with van der Waals surface area (Å²) in [5.41, 5.74) is -0.667. The lowest BCUT2D eigenvalue weighted by Crippen LogP contribution is -2.28. The van der Waals surface area contributed by atoms with Gasteiger partial charge < -0.3 is 10.0 Å². The van der Waals surface area contributed by atoms with Crippen LogP contribution in [0.4, 0.5) is 17.6 Å². The van der Waals surface area contributed by atoms with Crippen molar-refractivity contribution in [2.45, 2.75) is 19.0 Å². The molecule has 0 aliphatic carbocycles. The van der Waals surface area contributed by atoms with Gasteiger partial charge in [0, 0.05) is 20.2 Å². The highest BCUT2D eigenvalue weighted by Crippen LogP contribution is 2.29. The van der Waals surface area contributed by atoms with Crippen molar-refractivity contribution in [2.75, 3.05) is 20.2 Å². The smallest absolute Gasteiger partial charge is 0.396 e. The molecule has 122 valence electrons. The highest BCUT2D eigenvalue weighted by atomic mass is 19.4. The second kappa shape index (κ2) is 7.93. The molecule has 0 spiro atoms. The standard InChI is InChI=1S/C15H17F4NO2/c1-20(8-2-3-9-21)14(22)13(16)10-11-4-6-12(7-5-11)15(17,18)19/h4-7,10,21H,2-3,8-9H2,1H3/b13-10-.